The number of hydrogen-bond acceptors (Lipinski definition) is 2. The second kappa shape index (κ2) is 11.6. The lowest BCUT2D eigenvalue weighted by Gasteiger charge is -2.11. The molecular weight excluding hydrogens is 284 g/mol. The molecule has 1 aliphatic heterocycles. The van der Waals surface area contributed by atoms with E-state index in [1.807, 2.05) is 0 Å². The first-order valence-corrected chi connectivity index (χ1v) is 9.69. The van der Waals surface area contributed by atoms with Gasteiger partial charge >= 0.3 is 0 Å². The minimum absolute atomic E-state index is 0.00856. The summed E-state index contributed by atoms with van der Waals surface area (Å²) in [6.07, 6.45) is 14.5. The third kappa shape index (κ3) is 7.99. The van der Waals surface area contributed by atoms with Gasteiger partial charge in [-0.05, 0) is 18.4 Å². The lowest BCUT2D eigenvalue weighted by molar-refractivity contribution is -0.0627. The molecule has 1 aromatic rings. The molecule has 2 nitrogen and oxygen atoms in total. The normalized spacial score (nSPS) is 20.9. The molecule has 0 N–H and O–H groups in total. The van der Waals surface area contributed by atoms with Gasteiger partial charge in [0, 0.05) is 6.42 Å². The molecule has 1 heterocycles. The van der Waals surface area contributed by atoms with Gasteiger partial charge in [0.1, 0.15) is 0 Å². The van der Waals surface area contributed by atoms with Crippen LogP contribution in [-0.4, -0.2) is 19.0 Å². The number of unbranched alkanes of at least 4 members (excludes halogenated alkanes) is 7. The molecule has 1 saturated heterocycles. The minimum Gasteiger partial charge on any atom is -0.350 e. The predicted molar refractivity (Wildman–Crippen MR) is 96.6 cm³/mol. The van der Waals surface area contributed by atoms with E-state index in [4.69, 9.17) is 9.47 Å². The van der Waals surface area contributed by atoms with E-state index in [1.54, 1.807) is 0 Å². The van der Waals surface area contributed by atoms with Crippen molar-refractivity contribution in [2.45, 2.75) is 89.9 Å². The van der Waals surface area contributed by atoms with Crippen molar-refractivity contribution in [3.8, 4) is 0 Å². The average molecular weight is 319 g/mol. The van der Waals surface area contributed by atoms with Crippen LogP contribution in [0.15, 0.2) is 30.3 Å². The van der Waals surface area contributed by atoms with Gasteiger partial charge in [-0.25, -0.2) is 0 Å². The molecular formula is C21H34O2. The molecule has 0 saturated carbocycles. The second-order valence-electron chi connectivity index (χ2n) is 6.81. The number of aryl methyl sites for hydroxylation is 1. The number of benzene rings is 1. The van der Waals surface area contributed by atoms with Crippen molar-refractivity contribution in [2.75, 3.05) is 6.61 Å². The van der Waals surface area contributed by atoms with Crippen molar-refractivity contribution < 1.29 is 9.47 Å². The molecule has 2 atom stereocenters. The number of rotatable bonds is 12. The fourth-order valence-corrected chi connectivity index (χ4v) is 3.25. The van der Waals surface area contributed by atoms with Crippen LogP contribution in [0.4, 0.5) is 0 Å². The van der Waals surface area contributed by atoms with Crippen LogP contribution in [0.3, 0.4) is 0 Å². The summed E-state index contributed by atoms with van der Waals surface area (Å²) < 4.78 is 11.8. The van der Waals surface area contributed by atoms with E-state index in [-0.39, 0.29) is 6.29 Å². The Labute approximate surface area is 142 Å². The molecule has 0 spiro atoms. The van der Waals surface area contributed by atoms with E-state index in [1.165, 1.54) is 56.9 Å². The quantitative estimate of drug-likeness (QED) is 0.447. The van der Waals surface area contributed by atoms with Crippen LogP contribution in [0, 0.1) is 0 Å². The number of ether oxygens (including phenoxy) is 2. The second-order valence-corrected chi connectivity index (χ2v) is 6.81. The first-order valence-electron chi connectivity index (χ1n) is 9.69. The van der Waals surface area contributed by atoms with Gasteiger partial charge in [-0.15, -0.1) is 0 Å². The van der Waals surface area contributed by atoms with E-state index in [9.17, 15) is 0 Å². The molecule has 1 aliphatic rings. The van der Waals surface area contributed by atoms with E-state index in [0.29, 0.717) is 6.10 Å². The molecule has 0 aliphatic carbocycles. The third-order valence-corrected chi connectivity index (χ3v) is 4.70. The molecule has 2 heteroatoms. The summed E-state index contributed by atoms with van der Waals surface area (Å²) in [6, 6.07) is 10.6. The zero-order valence-corrected chi connectivity index (χ0v) is 14.8. The first-order chi connectivity index (χ1) is 11.4. The van der Waals surface area contributed by atoms with Gasteiger partial charge in [0.05, 0.1) is 12.7 Å². The Balaban J connectivity index is 1.46. The van der Waals surface area contributed by atoms with Crippen LogP contribution in [0.5, 0.6) is 0 Å². The van der Waals surface area contributed by atoms with Gasteiger partial charge < -0.3 is 9.47 Å². The minimum atomic E-state index is 0.00856. The monoisotopic (exact) mass is 318 g/mol. The highest BCUT2D eigenvalue weighted by atomic mass is 16.7. The van der Waals surface area contributed by atoms with Crippen LogP contribution >= 0.6 is 0 Å². The maximum atomic E-state index is 6.02. The summed E-state index contributed by atoms with van der Waals surface area (Å²) in [6.45, 7) is 3.06. The van der Waals surface area contributed by atoms with Crippen molar-refractivity contribution in [1.82, 2.24) is 0 Å². The van der Waals surface area contributed by atoms with E-state index < -0.39 is 0 Å². The van der Waals surface area contributed by atoms with Crippen LogP contribution in [0.2, 0.25) is 0 Å². The molecule has 1 fully saturated rings. The maximum absolute atomic E-state index is 6.02. The summed E-state index contributed by atoms with van der Waals surface area (Å²) >= 11 is 0. The summed E-state index contributed by atoms with van der Waals surface area (Å²) in [5.41, 5.74) is 1.37. The molecule has 130 valence electrons. The van der Waals surface area contributed by atoms with Crippen molar-refractivity contribution >= 4 is 0 Å². The van der Waals surface area contributed by atoms with Crippen LogP contribution < -0.4 is 0 Å². The highest BCUT2D eigenvalue weighted by molar-refractivity contribution is 5.14. The zero-order chi connectivity index (χ0) is 16.2. The maximum Gasteiger partial charge on any atom is 0.158 e. The van der Waals surface area contributed by atoms with E-state index >= 15 is 0 Å². The Morgan fingerprint density at radius 1 is 0.870 bits per heavy atom. The van der Waals surface area contributed by atoms with Crippen molar-refractivity contribution in [2.24, 2.45) is 0 Å². The van der Waals surface area contributed by atoms with Crippen molar-refractivity contribution in [3.63, 3.8) is 0 Å². The highest BCUT2D eigenvalue weighted by Gasteiger charge is 2.25. The molecule has 1 aromatic carbocycles. The molecule has 23 heavy (non-hydrogen) atoms. The van der Waals surface area contributed by atoms with Gasteiger partial charge in [0.25, 0.3) is 0 Å². The Kier molecular flexibility index (Phi) is 9.35. The Hall–Kier alpha value is -0.860. The average Bonchev–Trinajstić information content (AvgIpc) is 3.04. The van der Waals surface area contributed by atoms with Crippen LogP contribution in [0.1, 0.15) is 76.7 Å². The lowest BCUT2D eigenvalue weighted by Crippen LogP contribution is -2.13. The molecule has 0 amide bonds. The van der Waals surface area contributed by atoms with Gasteiger partial charge in [-0.2, -0.15) is 0 Å². The topological polar surface area (TPSA) is 18.5 Å². The first kappa shape index (κ1) is 18.5. The fourth-order valence-electron chi connectivity index (χ4n) is 3.25. The molecule has 0 bridgehead atoms. The van der Waals surface area contributed by atoms with Gasteiger partial charge in [0.15, 0.2) is 6.29 Å². The van der Waals surface area contributed by atoms with Gasteiger partial charge in [0.2, 0.25) is 0 Å². The zero-order valence-electron chi connectivity index (χ0n) is 14.8. The largest absolute Gasteiger partial charge is 0.350 e. The Morgan fingerprint density at radius 2 is 1.57 bits per heavy atom. The number of hydrogen-bond donors (Lipinski definition) is 0. The standard InChI is InChI=1S/C21H34O2/c1-2-3-4-5-6-7-8-12-15-20-18-22-21(23-20)17-16-19-13-10-9-11-14-19/h9-11,13-14,20-21H,2-8,12,15-18H2,1H3. The van der Waals surface area contributed by atoms with Gasteiger partial charge in [-0.1, -0.05) is 88.6 Å². The summed E-state index contributed by atoms with van der Waals surface area (Å²) in [7, 11) is 0. The van der Waals surface area contributed by atoms with Crippen LogP contribution in [0.25, 0.3) is 0 Å². The molecule has 2 unspecified atom stereocenters. The fraction of sp³-hybridized carbons (Fsp3) is 0.714. The lowest BCUT2D eigenvalue weighted by atomic mass is 10.1. The summed E-state index contributed by atoms with van der Waals surface area (Å²) in [5, 5.41) is 0. The SMILES string of the molecule is CCCCCCCCCCC1COC(CCc2ccccc2)O1. The molecule has 0 aromatic heterocycles. The Bertz CT molecular complexity index is 390. The summed E-state index contributed by atoms with van der Waals surface area (Å²) in [4.78, 5) is 0. The Morgan fingerprint density at radius 3 is 2.30 bits per heavy atom. The van der Waals surface area contributed by atoms with Crippen molar-refractivity contribution in [3.05, 3.63) is 35.9 Å². The summed E-state index contributed by atoms with van der Waals surface area (Å²) in [5.74, 6) is 0. The van der Waals surface area contributed by atoms with E-state index in [0.717, 1.165) is 25.9 Å². The molecule has 0 radical (unpaired) electrons. The predicted octanol–water partition coefficient (Wildman–Crippen LogP) is 5.89. The smallest absolute Gasteiger partial charge is 0.158 e. The van der Waals surface area contributed by atoms with Crippen molar-refractivity contribution in [1.29, 1.82) is 0 Å². The van der Waals surface area contributed by atoms with E-state index in [2.05, 4.69) is 37.3 Å². The third-order valence-electron chi connectivity index (χ3n) is 4.70. The molecule has 2 rings (SSSR count). The van der Waals surface area contributed by atoms with Crippen LogP contribution in [-0.2, 0) is 15.9 Å². The van der Waals surface area contributed by atoms with Gasteiger partial charge in [-0.3, -0.25) is 0 Å². The highest BCUT2D eigenvalue weighted by Crippen LogP contribution is 2.21.